The zero-order chi connectivity index (χ0) is 13.8. The lowest BCUT2D eigenvalue weighted by Crippen LogP contribution is -2.41. The van der Waals surface area contributed by atoms with Crippen molar-refractivity contribution < 1.29 is 13.7 Å². The molecule has 4 heteroatoms. The van der Waals surface area contributed by atoms with E-state index < -0.39 is 0 Å². The van der Waals surface area contributed by atoms with Crippen LogP contribution in [0.15, 0.2) is 24.3 Å². The van der Waals surface area contributed by atoms with Gasteiger partial charge < -0.3 is 9.31 Å². The molecule has 0 radical (unpaired) electrons. The molecule has 0 spiro atoms. The van der Waals surface area contributed by atoms with Crippen LogP contribution in [0.3, 0.4) is 0 Å². The van der Waals surface area contributed by atoms with Gasteiger partial charge >= 0.3 is 7.12 Å². The normalized spacial score (nSPS) is 31.5. The van der Waals surface area contributed by atoms with E-state index in [1.165, 1.54) is 17.7 Å². The Bertz CT molecular complexity index is 467. The number of halogens is 1. The molecule has 1 saturated heterocycles. The first-order valence-electron chi connectivity index (χ1n) is 6.91. The van der Waals surface area contributed by atoms with Gasteiger partial charge in [0.2, 0.25) is 0 Å². The van der Waals surface area contributed by atoms with Crippen LogP contribution < -0.4 is 0 Å². The summed E-state index contributed by atoms with van der Waals surface area (Å²) in [6, 6.07) is 6.78. The van der Waals surface area contributed by atoms with Gasteiger partial charge in [-0.25, -0.2) is 4.39 Å². The minimum Gasteiger partial charge on any atom is -0.403 e. The molecule has 2 fully saturated rings. The highest BCUT2D eigenvalue weighted by molar-refractivity contribution is 6.49. The predicted octanol–water partition coefficient (Wildman–Crippen LogP) is 3.78. The van der Waals surface area contributed by atoms with Gasteiger partial charge in [0.25, 0.3) is 0 Å². The molecule has 19 heavy (non-hydrogen) atoms. The van der Waals surface area contributed by atoms with Gasteiger partial charge in [0.1, 0.15) is 5.82 Å². The summed E-state index contributed by atoms with van der Waals surface area (Å²) < 4.78 is 25.1. The Morgan fingerprint density at radius 3 is 2.11 bits per heavy atom. The van der Waals surface area contributed by atoms with Crippen LogP contribution in [0, 0.1) is 5.82 Å². The van der Waals surface area contributed by atoms with E-state index in [1.807, 2.05) is 12.1 Å². The third-order valence-corrected chi connectivity index (χ3v) is 4.76. The van der Waals surface area contributed by atoms with Crippen LogP contribution >= 0.6 is 0 Å². The van der Waals surface area contributed by atoms with Crippen LogP contribution in [-0.2, 0) is 9.31 Å². The maximum atomic E-state index is 12.9. The lowest BCUT2D eigenvalue weighted by atomic mass is 9.79. The Kier molecular flexibility index (Phi) is 2.81. The second-order valence-corrected chi connectivity index (χ2v) is 6.68. The first-order valence-corrected chi connectivity index (χ1v) is 6.91. The van der Waals surface area contributed by atoms with Crippen molar-refractivity contribution in [2.45, 2.75) is 57.1 Å². The van der Waals surface area contributed by atoms with E-state index in [9.17, 15) is 4.39 Å². The summed E-state index contributed by atoms with van der Waals surface area (Å²) in [6.07, 6.45) is 1.06. The molecule has 0 N–H and O–H groups in total. The van der Waals surface area contributed by atoms with Crippen molar-refractivity contribution >= 4 is 7.12 Å². The van der Waals surface area contributed by atoms with Gasteiger partial charge in [-0.1, -0.05) is 12.1 Å². The average molecular weight is 262 g/mol. The fraction of sp³-hybridized carbons (Fsp3) is 0.600. The van der Waals surface area contributed by atoms with Gasteiger partial charge in [-0.3, -0.25) is 0 Å². The zero-order valence-electron chi connectivity index (χ0n) is 11.9. The van der Waals surface area contributed by atoms with E-state index >= 15 is 0 Å². The third-order valence-electron chi connectivity index (χ3n) is 4.76. The Hall–Kier alpha value is -0.865. The number of hydrogen-bond acceptors (Lipinski definition) is 2. The molecule has 3 rings (SSSR count). The van der Waals surface area contributed by atoms with E-state index in [1.54, 1.807) is 0 Å². The van der Waals surface area contributed by atoms with Crippen molar-refractivity contribution in [3.8, 4) is 0 Å². The molecule has 0 unspecified atom stereocenters. The molecule has 0 aromatic heterocycles. The average Bonchev–Trinajstić information content (AvgIpc) is 3.04. The van der Waals surface area contributed by atoms with Gasteiger partial charge in [0.15, 0.2) is 0 Å². The molecule has 1 heterocycles. The molecule has 2 aliphatic rings. The quantitative estimate of drug-likeness (QED) is 0.755. The molecule has 102 valence electrons. The fourth-order valence-electron chi connectivity index (χ4n) is 2.67. The second kappa shape index (κ2) is 4.06. The standard InChI is InChI=1S/C15H20BFO2/c1-14(2)15(3,4)19-16(18-14)13-9-12(13)10-5-7-11(17)8-6-10/h5-8,12-13H,9H2,1-4H3/t12-,13+/m1/s1. The summed E-state index contributed by atoms with van der Waals surface area (Å²) in [5.41, 5.74) is 0.641. The van der Waals surface area contributed by atoms with Crippen LogP contribution in [0.25, 0.3) is 0 Å². The van der Waals surface area contributed by atoms with Gasteiger partial charge in [-0.15, -0.1) is 0 Å². The van der Waals surface area contributed by atoms with E-state index in [0.717, 1.165) is 6.42 Å². The summed E-state index contributed by atoms with van der Waals surface area (Å²) in [4.78, 5) is 0. The summed E-state index contributed by atoms with van der Waals surface area (Å²) in [5.74, 6) is 0.651. The molecular weight excluding hydrogens is 242 g/mol. The van der Waals surface area contributed by atoms with Crippen molar-refractivity contribution in [2.75, 3.05) is 0 Å². The second-order valence-electron chi connectivity index (χ2n) is 6.68. The minimum absolute atomic E-state index is 0.139. The summed E-state index contributed by atoms with van der Waals surface area (Å²) >= 11 is 0. The highest BCUT2D eigenvalue weighted by atomic mass is 19.1. The number of rotatable bonds is 2. The molecule has 1 saturated carbocycles. The minimum atomic E-state index is -0.270. The maximum absolute atomic E-state index is 12.9. The van der Waals surface area contributed by atoms with Crippen molar-refractivity contribution in [1.82, 2.24) is 0 Å². The van der Waals surface area contributed by atoms with Crippen LogP contribution in [0.1, 0.15) is 45.6 Å². The Labute approximate surface area is 114 Å². The molecule has 1 aromatic carbocycles. The van der Waals surface area contributed by atoms with Gasteiger partial charge in [0.05, 0.1) is 11.2 Å². The van der Waals surface area contributed by atoms with E-state index in [0.29, 0.717) is 11.7 Å². The van der Waals surface area contributed by atoms with Gasteiger partial charge in [-0.05, 0) is 57.7 Å². The Balaban J connectivity index is 1.70. The lowest BCUT2D eigenvalue weighted by Gasteiger charge is -2.32. The smallest absolute Gasteiger partial charge is 0.403 e. The first kappa shape index (κ1) is 13.1. The zero-order valence-corrected chi connectivity index (χ0v) is 11.9. The topological polar surface area (TPSA) is 18.5 Å². The molecule has 0 amide bonds. The summed E-state index contributed by atoms with van der Waals surface area (Å²) in [5, 5.41) is 0. The highest BCUT2D eigenvalue weighted by Crippen LogP contribution is 2.58. The molecule has 1 aliphatic carbocycles. The maximum Gasteiger partial charge on any atom is 0.461 e. The van der Waals surface area contributed by atoms with Crippen molar-refractivity contribution in [3.63, 3.8) is 0 Å². The van der Waals surface area contributed by atoms with Crippen molar-refractivity contribution in [3.05, 3.63) is 35.6 Å². The lowest BCUT2D eigenvalue weighted by molar-refractivity contribution is 0.00578. The van der Waals surface area contributed by atoms with Crippen LogP contribution in [-0.4, -0.2) is 18.3 Å². The van der Waals surface area contributed by atoms with Gasteiger partial charge in [-0.2, -0.15) is 0 Å². The van der Waals surface area contributed by atoms with E-state index in [2.05, 4.69) is 27.7 Å². The SMILES string of the molecule is CC1(C)OB([C@H]2C[C@@H]2c2ccc(F)cc2)OC1(C)C. The van der Waals surface area contributed by atoms with Crippen LogP contribution in [0.5, 0.6) is 0 Å². The van der Waals surface area contributed by atoms with E-state index in [-0.39, 0.29) is 24.1 Å². The fourth-order valence-corrected chi connectivity index (χ4v) is 2.67. The van der Waals surface area contributed by atoms with Crippen molar-refractivity contribution in [1.29, 1.82) is 0 Å². The molecule has 2 nitrogen and oxygen atoms in total. The van der Waals surface area contributed by atoms with E-state index in [4.69, 9.17) is 9.31 Å². The Morgan fingerprint density at radius 1 is 1.05 bits per heavy atom. The van der Waals surface area contributed by atoms with Crippen LogP contribution in [0.2, 0.25) is 5.82 Å². The molecule has 2 atom stereocenters. The summed E-state index contributed by atoms with van der Waals surface area (Å²) in [7, 11) is -0.139. The molecule has 0 bridgehead atoms. The highest BCUT2D eigenvalue weighted by Gasteiger charge is 2.59. The van der Waals surface area contributed by atoms with Gasteiger partial charge in [0, 0.05) is 5.82 Å². The van der Waals surface area contributed by atoms with Crippen molar-refractivity contribution in [2.24, 2.45) is 0 Å². The monoisotopic (exact) mass is 262 g/mol. The largest absolute Gasteiger partial charge is 0.461 e. The number of benzene rings is 1. The number of hydrogen-bond donors (Lipinski definition) is 0. The predicted molar refractivity (Wildman–Crippen MR) is 73.6 cm³/mol. The molecular formula is C15H20BFO2. The third kappa shape index (κ3) is 2.21. The Morgan fingerprint density at radius 2 is 1.58 bits per heavy atom. The first-order chi connectivity index (χ1) is 8.80. The summed E-state index contributed by atoms with van der Waals surface area (Å²) in [6.45, 7) is 8.29. The molecule has 1 aliphatic heterocycles. The van der Waals surface area contributed by atoms with Crippen LogP contribution in [0.4, 0.5) is 4.39 Å². The molecule has 1 aromatic rings.